The number of anilines is 2. The van der Waals surface area contributed by atoms with E-state index in [1.54, 1.807) is 6.20 Å². The van der Waals surface area contributed by atoms with E-state index in [-0.39, 0.29) is 0 Å². The molecular weight excluding hydrogens is 188 g/mol. The van der Waals surface area contributed by atoms with Crippen molar-refractivity contribution in [3.05, 3.63) is 12.4 Å². The van der Waals surface area contributed by atoms with Gasteiger partial charge in [0.25, 0.3) is 0 Å². The molecule has 1 unspecified atom stereocenters. The monoisotopic (exact) mass is 206 g/mol. The molecule has 0 radical (unpaired) electrons. The third-order valence-electron chi connectivity index (χ3n) is 3.07. The Morgan fingerprint density at radius 3 is 3.07 bits per heavy atom. The molecule has 1 fully saturated rings. The van der Waals surface area contributed by atoms with E-state index < -0.39 is 0 Å². The number of nitrogens with zero attached hydrogens (tertiary/aromatic N) is 3. The number of hydrogen-bond donors (Lipinski definition) is 1. The van der Waals surface area contributed by atoms with Crippen LogP contribution in [-0.2, 0) is 0 Å². The molecule has 0 spiro atoms. The molecule has 0 bridgehead atoms. The normalized spacial score (nSPS) is 20.7. The lowest BCUT2D eigenvalue weighted by molar-refractivity contribution is 0.568. The molecule has 1 saturated heterocycles. The smallest absolute Gasteiger partial charge is 0.149 e. The summed E-state index contributed by atoms with van der Waals surface area (Å²) in [5, 5.41) is 3.02. The van der Waals surface area contributed by atoms with Crippen LogP contribution >= 0.6 is 0 Å². The second-order valence-corrected chi connectivity index (χ2v) is 4.02. The summed E-state index contributed by atoms with van der Waals surface area (Å²) >= 11 is 0. The summed E-state index contributed by atoms with van der Waals surface area (Å²) in [6.45, 7) is 4.49. The summed E-state index contributed by atoms with van der Waals surface area (Å²) in [5.41, 5.74) is 0. The third-order valence-corrected chi connectivity index (χ3v) is 3.07. The van der Waals surface area contributed by atoms with Gasteiger partial charge in [-0.2, -0.15) is 0 Å². The molecule has 1 aliphatic rings. The lowest BCUT2D eigenvalue weighted by Gasteiger charge is -2.17. The predicted molar refractivity (Wildman–Crippen MR) is 62.2 cm³/mol. The van der Waals surface area contributed by atoms with Crippen LogP contribution in [0, 0.1) is 5.92 Å². The maximum Gasteiger partial charge on any atom is 0.149 e. The van der Waals surface area contributed by atoms with Gasteiger partial charge in [0.05, 0.1) is 12.4 Å². The molecule has 2 rings (SSSR count). The van der Waals surface area contributed by atoms with Gasteiger partial charge in [-0.05, 0) is 12.3 Å². The van der Waals surface area contributed by atoms with E-state index >= 15 is 0 Å². The highest BCUT2D eigenvalue weighted by Crippen LogP contribution is 2.23. The fourth-order valence-electron chi connectivity index (χ4n) is 2.00. The summed E-state index contributed by atoms with van der Waals surface area (Å²) in [6, 6.07) is 0. The Morgan fingerprint density at radius 2 is 2.40 bits per heavy atom. The minimum atomic E-state index is 0.824. The average Bonchev–Trinajstić information content (AvgIpc) is 2.78. The van der Waals surface area contributed by atoms with Crippen LogP contribution < -0.4 is 10.2 Å². The van der Waals surface area contributed by atoms with Gasteiger partial charge in [-0.3, -0.25) is 4.98 Å². The van der Waals surface area contributed by atoms with Crippen LogP contribution in [0.15, 0.2) is 12.4 Å². The van der Waals surface area contributed by atoms with Crippen LogP contribution in [0.5, 0.6) is 0 Å². The van der Waals surface area contributed by atoms with Gasteiger partial charge in [-0.15, -0.1) is 0 Å². The van der Waals surface area contributed by atoms with Crippen LogP contribution in [-0.4, -0.2) is 30.1 Å². The molecule has 1 N–H and O–H groups in total. The SMILES string of the molecule is CCC1CCN(c2cncc(NC)n2)C1. The van der Waals surface area contributed by atoms with Gasteiger partial charge in [0.2, 0.25) is 0 Å². The first-order valence-electron chi connectivity index (χ1n) is 5.58. The topological polar surface area (TPSA) is 41.1 Å². The molecule has 4 heteroatoms. The summed E-state index contributed by atoms with van der Waals surface area (Å²) in [7, 11) is 1.87. The van der Waals surface area contributed by atoms with Crippen LogP contribution in [0.3, 0.4) is 0 Å². The fraction of sp³-hybridized carbons (Fsp3) is 0.636. The molecule has 1 atom stereocenters. The van der Waals surface area contributed by atoms with Gasteiger partial charge in [0, 0.05) is 20.1 Å². The second-order valence-electron chi connectivity index (χ2n) is 4.02. The zero-order valence-corrected chi connectivity index (χ0v) is 9.40. The van der Waals surface area contributed by atoms with Crippen LogP contribution in [0.1, 0.15) is 19.8 Å². The first-order chi connectivity index (χ1) is 7.33. The average molecular weight is 206 g/mol. The van der Waals surface area contributed by atoms with Crippen molar-refractivity contribution in [2.24, 2.45) is 5.92 Å². The molecule has 2 heterocycles. The van der Waals surface area contributed by atoms with E-state index in [2.05, 4.69) is 27.1 Å². The number of rotatable bonds is 3. The molecule has 15 heavy (non-hydrogen) atoms. The van der Waals surface area contributed by atoms with Crippen LogP contribution in [0.25, 0.3) is 0 Å². The Kier molecular flexibility index (Phi) is 3.04. The Morgan fingerprint density at radius 1 is 1.53 bits per heavy atom. The Balaban J connectivity index is 2.09. The van der Waals surface area contributed by atoms with Crippen molar-refractivity contribution < 1.29 is 0 Å². The van der Waals surface area contributed by atoms with Crippen molar-refractivity contribution in [2.75, 3.05) is 30.4 Å². The summed E-state index contributed by atoms with van der Waals surface area (Å²) in [6.07, 6.45) is 6.13. The van der Waals surface area contributed by atoms with E-state index in [1.807, 2.05) is 13.2 Å². The van der Waals surface area contributed by atoms with Gasteiger partial charge in [0.15, 0.2) is 0 Å². The van der Waals surface area contributed by atoms with Gasteiger partial charge in [0.1, 0.15) is 11.6 Å². The second kappa shape index (κ2) is 4.47. The highest BCUT2D eigenvalue weighted by atomic mass is 15.2. The van der Waals surface area contributed by atoms with Crippen molar-refractivity contribution in [3.63, 3.8) is 0 Å². The molecule has 0 aliphatic carbocycles. The zero-order valence-electron chi connectivity index (χ0n) is 9.40. The lowest BCUT2D eigenvalue weighted by Crippen LogP contribution is -2.21. The minimum absolute atomic E-state index is 0.824. The van der Waals surface area contributed by atoms with Crippen LogP contribution in [0.4, 0.5) is 11.6 Å². The quantitative estimate of drug-likeness (QED) is 0.818. The highest BCUT2D eigenvalue weighted by molar-refractivity contribution is 5.44. The van der Waals surface area contributed by atoms with E-state index in [4.69, 9.17) is 0 Å². The van der Waals surface area contributed by atoms with Gasteiger partial charge < -0.3 is 10.2 Å². The first-order valence-corrected chi connectivity index (χ1v) is 5.58. The Labute approximate surface area is 90.7 Å². The zero-order chi connectivity index (χ0) is 10.7. The molecule has 0 amide bonds. The number of hydrogen-bond acceptors (Lipinski definition) is 4. The molecule has 1 aliphatic heterocycles. The fourth-order valence-corrected chi connectivity index (χ4v) is 2.00. The van der Waals surface area contributed by atoms with Crippen LogP contribution in [0.2, 0.25) is 0 Å². The molecule has 1 aromatic heterocycles. The van der Waals surface area contributed by atoms with E-state index in [9.17, 15) is 0 Å². The van der Waals surface area contributed by atoms with E-state index in [0.717, 1.165) is 30.6 Å². The Bertz CT molecular complexity index is 326. The third kappa shape index (κ3) is 2.19. The van der Waals surface area contributed by atoms with Crippen molar-refractivity contribution >= 4 is 11.6 Å². The maximum atomic E-state index is 4.49. The molecule has 0 saturated carbocycles. The van der Waals surface area contributed by atoms with Gasteiger partial charge >= 0.3 is 0 Å². The summed E-state index contributed by atoms with van der Waals surface area (Å²) in [5.74, 6) is 2.66. The molecular formula is C11H18N4. The largest absolute Gasteiger partial charge is 0.372 e. The van der Waals surface area contributed by atoms with E-state index in [1.165, 1.54) is 12.8 Å². The Hall–Kier alpha value is -1.32. The predicted octanol–water partition coefficient (Wildman–Crippen LogP) is 1.75. The first kappa shape index (κ1) is 10.2. The summed E-state index contributed by atoms with van der Waals surface area (Å²) < 4.78 is 0. The minimum Gasteiger partial charge on any atom is -0.372 e. The molecule has 82 valence electrons. The van der Waals surface area contributed by atoms with E-state index in [0.29, 0.717) is 0 Å². The lowest BCUT2D eigenvalue weighted by atomic mass is 10.1. The molecule has 0 aromatic carbocycles. The van der Waals surface area contributed by atoms with Crippen molar-refractivity contribution in [3.8, 4) is 0 Å². The van der Waals surface area contributed by atoms with Gasteiger partial charge in [-0.25, -0.2) is 4.98 Å². The maximum absolute atomic E-state index is 4.49. The molecule has 1 aromatic rings. The van der Waals surface area contributed by atoms with Crippen molar-refractivity contribution in [1.29, 1.82) is 0 Å². The van der Waals surface area contributed by atoms with Gasteiger partial charge in [-0.1, -0.05) is 13.3 Å². The highest BCUT2D eigenvalue weighted by Gasteiger charge is 2.22. The summed E-state index contributed by atoms with van der Waals surface area (Å²) in [4.78, 5) is 11.0. The number of aromatic nitrogens is 2. The standard InChI is InChI=1S/C11H18N4/c1-3-9-4-5-15(8-9)11-7-13-6-10(12-2)14-11/h6-7,9H,3-5,8H2,1-2H3,(H,12,14). The van der Waals surface area contributed by atoms with Crippen molar-refractivity contribution in [1.82, 2.24) is 9.97 Å². The van der Waals surface area contributed by atoms with Crippen molar-refractivity contribution in [2.45, 2.75) is 19.8 Å². The number of nitrogens with one attached hydrogen (secondary N) is 1. The molecule has 4 nitrogen and oxygen atoms in total.